The van der Waals surface area contributed by atoms with Crippen LogP contribution >= 0.6 is 0 Å². The molecule has 0 rings (SSSR count). The monoisotopic (exact) mass is 779 g/mol. The molecule has 0 N–H and O–H groups in total. The molecule has 0 heterocycles. The first kappa shape index (κ1) is 53.4. The summed E-state index contributed by atoms with van der Waals surface area (Å²) in [5.74, 6) is -0.0102. The van der Waals surface area contributed by atoms with E-state index in [9.17, 15) is 14.4 Å². The highest BCUT2D eigenvalue weighted by Crippen LogP contribution is 2.17. The smallest absolute Gasteiger partial charge is 0.306 e. The zero-order valence-electron chi connectivity index (χ0n) is 37.4. The van der Waals surface area contributed by atoms with Gasteiger partial charge in [-0.25, -0.2) is 0 Å². The summed E-state index contributed by atoms with van der Waals surface area (Å²) in [6.45, 7) is 8.95. The minimum absolute atomic E-state index is 0.0641. The van der Waals surface area contributed by atoms with Gasteiger partial charge in [-0.1, -0.05) is 233 Å². The van der Waals surface area contributed by atoms with Crippen molar-refractivity contribution < 1.29 is 28.6 Å². The molecule has 55 heavy (non-hydrogen) atoms. The topological polar surface area (TPSA) is 78.9 Å². The number of hydrogen-bond donors (Lipinski definition) is 0. The molecule has 1 atom stereocenters. The lowest BCUT2D eigenvalue weighted by atomic mass is 10.0. The van der Waals surface area contributed by atoms with Crippen molar-refractivity contribution in [1.29, 1.82) is 0 Å². The van der Waals surface area contributed by atoms with E-state index < -0.39 is 6.10 Å². The van der Waals surface area contributed by atoms with E-state index >= 15 is 0 Å². The number of esters is 3. The average Bonchev–Trinajstić information content (AvgIpc) is 3.17. The third kappa shape index (κ3) is 43.4. The van der Waals surface area contributed by atoms with Gasteiger partial charge in [0.15, 0.2) is 6.10 Å². The van der Waals surface area contributed by atoms with Gasteiger partial charge in [0.1, 0.15) is 13.2 Å². The highest BCUT2D eigenvalue weighted by atomic mass is 16.6. The maximum Gasteiger partial charge on any atom is 0.306 e. The minimum atomic E-state index is -0.758. The van der Waals surface area contributed by atoms with Crippen LogP contribution in [0.25, 0.3) is 0 Å². The average molecular weight is 779 g/mol. The van der Waals surface area contributed by atoms with Crippen molar-refractivity contribution in [2.45, 2.75) is 278 Å². The Kier molecular flexibility index (Phi) is 42.3. The molecule has 0 fully saturated rings. The van der Waals surface area contributed by atoms with Gasteiger partial charge >= 0.3 is 17.9 Å². The van der Waals surface area contributed by atoms with Crippen molar-refractivity contribution in [1.82, 2.24) is 0 Å². The molecule has 0 aromatic heterocycles. The highest BCUT2D eigenvalue weighted by Gasteiger charge is 2.19. The first-order valence-electron chi connectivity index (χ1n) is 24.4. The second kappa shape index (κ2) is 43.5. The summed E-state index contributed by atoms with van der Waals surface area (Å²) in [7, 11) is 0. The van der Waals surface area contributed by atoms with E-state index in [0.717, 1.165) is 70.1 Å². The van der Waals surface area contributed by atoms with Gasteiger partial charge < -0.3 is 14.2 Å². The largest absolute Gasteiger partial charge is 0.462 e. The summed E-state index contributed by atoms with van der Waals surface area (Å²) in [6.07, 6.45) is 44.1. The Bertz CT molecular complexity index is 826. The normalized spacial score (nSPS) is 11.9. The molecular formula is C49H94O6. The van der Waals surface area contributed by atoms with Crippen LogP contribution in [0, 0.1) is 5.92 Å². The second-order valence-corrected chi connectivity index (χ2v) is 17.2. The number of ether oxygens (including phenoxy) is 3. The Labute approximate surface area is 342 Å². The number of unbranched alkanes of at least 4 members (excludes halogenated alkanes) is 31. The molecule has 0 aliphatic carbocycles. The maximum atomic E-state index is 12.7. The molecule has 0 amide bonds. The van der Waals surface area contributed by atoms with Crippen molar-refractivity contribution in [3.63, 3.8) is 0 Å². The van der Waals surface area contributed by atoms with Crippen molar-refractivity contribution >= 4 is 17.9 Å². The lowest BCUT2D eigenvalue weighted by Crippen LogP contribution is -2.30. The second-order valence-electron chi connectivity index (χ2n) is 17.2. The SMILES string of the molecule is CCCCCCCCCCCCCCCC(=O)O[C@H](COC(=O)CCCCCCC)COC(=O)CCCCCCCCCCCCCCCCCCC(C)C. The molecule has 0 saturated heterocycles. The Morgan fingerprint density at radius 2 is 0.600 bits per heavy atom. The summed E-state index contributed by atoms with van der Waals surface area (Å²) >= 11 is 0. The summed E-state index contributed by atoms with van der Waals surface area (Å²) < 4.78 is 16.6. The predicted molar refractivity (Wildman–Crippen MR) is 233 cm³/mol. The van der Waals surface area contributed by atoms with Crippen LogP contribution < -0.4 is 0 Å². The predicted octanol–water partition coefficient (Wildman–Crippen LogP) is 15.5. The molecule has 0 spiro atoms. The maximum absolute atomic E-state index is 12.7. The third-order valence-corrected chi connectivity index (χ3v) is 11.0. The van der Waals surface area contributed by atoms with Gasteiger partial charge in [0.2, 0.25) is 0 Å². The van der Waals surface area contributed by atoms with Crippen molar-refractivity contribution in [2.75, 3.05) is 13.2 Å². The number of rotatable bonds is 44. The van der Waals surface area contributed by atoms with Gasteiger partial charge in [-0.15, -0.1) is 0 Å². The van der Waals surface area contributed by atoms with Crippen LogP contribution in [0.4, 0.5) is 0 Å². The van der Waals surface area contributed by atoms with Crippen molar-refractivity contribution in [3.8, 4) is 0 Å². The quantitative estimate of drug-likeness (QED) is 0.0348. The van der Waals surface area contributed by atoms with Crippen LogP contribution in [0.3, 0.4) is 0 Å². The Balaban J connectivity index is 4.10. The molecule has 0 saturated carbocycles. The van der Waals surface area contributed by atoms with Crippen LogP contribution in [-0.2, 0) is 28.6 Å². The molecule has 0 aliphatic heterocycles. The van der Waals surface area contributed by atoms with Crippen LogP contribution in [-0.4, -0.2) is 37.2 Å². The lowest BCUT2D eigenvalue weighted by molar-refractivity contribution is -0.167. The van der Waals surface area contributed by atoms with E-state index in [4.69, 9.17) is 14.2 Å². The molecule has 326 valence electrons. The van der Waals surface area contributed by atoms with Crippen LogP contribution in [0.1, 0.15) is 272 Å². The summed E-state index contributed by atoms with van der Waals surface area (Å²) in [6, 6.07) is 0. The fourth-order valence-electron chi connectivity index (χ4n) is 7.33. The van der Waals surface area contributed by atoms with Gasteiger partial charge in [0, 0.05) is 19.3 Å². The zero-order chi connectivity index (χ0) is 40.3. The molecule has 0 aromatic rings. The van der Waals surface area contributed by atoms with Gasteiger partial charge in [-0.3, -0.25) is 14.4 Å². The number of hydrogen-bond acceptors (Lipinski definition) is 6. The Morgan fingerprint density at radius 3 is 0.891 bits per heavy atom. The van der Waals surface area contributed by atoms with Crippen LogP contribution in [0.5, 0.6) is 0 Å². The fraction of sp³-hybridized carbons (Fsp3) is 0.939. The van der Waals surface area contributed by atoms with E-state index in [1.54, 1.807) is 0 Å². The van der Waals surface area contributed by atoms with Crippen molar-refractivity contribution in [3.05, 3.63) is 0 Å². The molecule has 0 radical (unpaired) electrons. The summed E-state index contributed by atoms with van der Waals surface area (Å²) in [5.41, 5.74) is 0. The van der Waals surface area contributed by atoms with Gasteiger partial charge in [0.05, 0.1) is 0 Å². The molecule has 0 bridgehead atoms. The van der Waals surface area contributed by atoms with Crippen LogP contribution in [0.2, 0.25) is 0 Å². The molecule has 0 unspecified atom stereocenters. The Morgan fingerprint density at radius 1 is 0.345 bits per heavy atom. The lowest BCUT2D eigenvalue weighted by Gasteiger charge is -2.18. The first-order chi connectivity index (χ1) is 26.9. The van der Waals surface area contributed by atoms with E-state index in [2.05, 4.69) is 27.7 Å². The Hall–Kier alpha value is -1.59. The van der Waals surface area contributed by atoms with E-state index in [-0.39, 0.29) is 31.1 Å². The third-order valence-electron chi connectivity index (χ3n) is 11.0. The minimum Gasteiger partial charge on any atom is -0.462 e. The summed E-state index contributed by atoms with van der Waals surface area (Å²) in [5, 5.41) is 0. The molecular weight excluding hydrogens is 685 g/mol. The fourth-order valence-corrected chi connectivity index (χ4v) is 7.33. The van der Waals surface area contributed by atoms with Gasteiger partial charge in [-0.05, 0) is 25.2 Å². The zero-order valence-corrected chi connectivity index (χ0v) is 37.4. The molecule has 0 aliphatic rings. The first-order valence-corrected chi connectivity index (χ1v) is 24.4. The van der Waals surface area contributed by atoms with Gasteiger partial charge in [0.25, 0.3) is 0 Å². The summed E-state index contributed by atoms with van der Waals surface area (Å²) in [4.78, 5) is 37.5. The number of carbonyl (C=O) groups excluding carboxylic acids is 3. The van der Waals surface area contributed by atoms with E-state index in [0.29, 0.717) is 19.3 Å². The van der Waals surface area contributed by atoms with Gasteiger partial charge in [-0.2, -0.15) is 0 Å². The number of carbonyl (C=O) groups is 3. The molecule has 6 nitrogen and oxygen atoms in total. The standard InChI is InChI=1S/C49H94O6/c1-5-7-9-11-12-13-14-19-24-27-30-34-38-42-49(52)55-46(43-53-47(50)40-36-31-10-8-6-2)44-54-48(51)41-37-33-29-26-23-21-18-16-15-17-20-22-25-28-32-35-39-45(3)4/h45-46H,5-44H2,1-4H3/t46-/m1/s1. The van der Waals surface area contributed by atoms with Crippen LogP contribution in [0.15, 0.2) is 0 Å². The molecule has 0 aromatic carbocycles. The van der Waals surface area contributed by atoms with E-state index in [1.165, 1.54) is 161 Å². The van der Waals surface area contributed by atoms with Crippen molar-refractivity contribution in [2.24, 2.45) is 5.92 Å². The van der Waals surface area contributed by atoms with E-state index in [1.807, 2.05) is 0 Å². The highest BCUT2D eigenvalue weighted by molar-refractivity contribution is 5.71. The molecule has 6 heteroatoms.